The fourth-order valence-electron chi connectivity index (χ4n) is 7.37. The number of carbonyl (C=O) groups excluding carboxylic acids is 1. The lowest BCUT2D eigenvalue weighted by Crippen LogP contribution is -2.42. The van der Waals surface area contributed by atoms with Gasteiger partial charge in [0.2, 0.25) is 0 Å². The molecule has 0 bridgehead atoms. The van der Waals surface area contributed by atoms with E-state index in [4.69, 9.17) is 10.8 Å². The minimum Gasteiger partial charge on any atom is -0.476 e. The number of benzene rings is 2. The highest BCUT2D eigenvalue weighted by molar-refractivity contribution is 15.0. The van der Waals surface area contributed by atoms with E-state index in [1.807, 2.05) is 41.1 Å². The summed E-state index contributed by atoms with van der Waals surface area (Å²) in [6, 6.07) is 24.7. The Morgan fingerprint density at radius 2 is 1.11 bits per heavy atom. The number of aliphatic hydroxyl groups is 2. The number of imidazole rings is 2. The van der Waals surface area contributed by atoms with Gasteiger partial charge in [0.05, 0.1) is 12.2 Å². The number of nitrogens with zero attached hydrogens (tertiary/aromatic N) is 6. The summed E-state index contributed by atoms with van der Waals surface area (Å²) in [4.78, 5) is 36.1. The monoisotopic (exact) mass is 1060 g/mol. The smallest absolute Gasteiger partial charge is 0.356 e. The van der Waals surface area contributed by atoms with E-state index < -0.39 is 18.2 Å². The average molecular weight is 1060 g/mol. The summed E-state index contributed by atoms with van der Waals surface area (Å²) < 4.78 is 3.63. The number of halogens is 2. The van der Waals surface area contributed by atoms with Crippen LogP contribution in [0.4, 0.5) is 0 Å². The topological polar surface area (TPSA) is 174 Å². The van der Waals surface area contributed by atoms with Crippen LogP contribution in [0.2, 0.25) is 0 Å². The summed E-state index contributed by atoms with van der Waals surface area (Å²) in [5, 5.41) is 31.5. The van der Waals surface area contributed by atoms with Gasteiger partial charge in [-0.1, -0.05) is 88.4 Å². The molecular weight excluding hydrogens is 998 g/mol. The first-order valence-corrected chi connectivity index (χ1v) is 26.9. The van der Waals surface area contributed by atoms with Crippen molar-refractivity contribution < 1.29 is 24.9 Å². The number of aliphatic hydroxyl groups excluding tert-OH is 2. The molecular formula is C46H58I2N8O5. The lowest BCUT2D eigenvalue weighted by Gasteiger charge is -2.30. The Bertz CT molecular complexity index is 2350. The van der Waals surface area contributed by atoms with Gasteiger partial charge in [-0.15, -0.1) is 0 Å². The predicted octanol–water partition coefficient (Wildman–Crippen LogP) is 6.90. The quantitative estimate of drug-likeness (QED) is 0.0860. The predicted molar refractivity (Wildman–Crippen MR) is 258 cm³/mol. The van der Waals surface area contributed by atoms with Crippen LogP contribution in [0.5, 0.6) is 0 Å². The zero-order valence-corrected chi connectivity index (χ0v) is 39.6. The maximum absolute atomic E-state index is 12.5. The van der Waals surface area contributed by atoms with E-state index in [0.717, 1.165) is 50.2 Å². The molecule has 0 fully saturated rings. The van der Waals surface area contributed by atoms with Crippen molar-refractivity contribution in [3.05, 3.63) is 142 Å². The van der Waals surface area contributed by atoms with Gasteiger partial charge in [0, 0.05) is 114 Å². The number of fused-ring (bicyclic) bond motifs is 4. The molecule has 6 aromatic rings. The molecule has 0 radical (unpaired) electrons. The molecule has 0 spiro atoms. The van der Waals surface area contributed by atoms with E-state index >= 15 is 0 Å². The second-order valence-electron chi connectivity index (χ2n) is 16.1. The van der Waals surface area contributed by atoms with E-state index in [0.29, 0.717) is 42.8 Å². The van der Waals surface area contributed by atoms with Gasteiger partial charge in [0.1, 0.15) is 17.0 Å². The number of nitrogens with one attached hydrogen (secondary N) is 1. The number of aromatic nitrogens is 4. The summed E-state index contributed by atoms with van der Waals surface area (Å²) in [7, 11) is 0. The summed E-state index contributed by atoms with van der Waals surface area (Å²) in [5.74, 6) is -0.423. The molecule has 2 aromatic carbocycles. The third kappa shape index (κ3) is 13.8. The van der Waals surface area contributed by atoms with Crippen LogP contribution in [0.3, 0.4) is 0 Å². The molecule has 13 nitrogen and oxygen atoms in total. The molecule has 15 heteroatoms. The average Bonchev–Trinajstić information content (AvgIpc) is 3.91. The van der Waals surface area contributed by atoms with Crippen molar-refractivity contribution in [3.8, 4) is 0 Å². The van der Waals surface area contributed by atoms with E-state index in [1.54, 1.807) is 10.6 Å². The van der Waals surface area contributed by atoms with E-state index in [2.05, 4.69) is 139 Å². The molecule has 0 saturated heterocycles. The standard InChI is InChI=1S/C23H28N4O2.C12H18N2O.C11H12N2O2.I2/c1-16(2)18-7-8-22-25-21(15-27(22)13-18)23(29)24-11-20(28)14-26-10-9-17-5-3-4-6-19(17)12-26;13-7-12(15)9-14-6-5-10-3-1-2-4-11(10)8-14;1-7(2)8-3-4-10-12-9(11(14)15)6-13(10)5-8;1-2/h3-8,13,15-16,20,28H,9-12,14H2,1-2H3,(H,24,29);1-4,12,15H,5-9,13H2;3-7H,1-2H3,(H,14,15);/t20-;12-;;/m10../s1. The molecule has 6 N–H and O–H groups in total. The maximum atomic E-state index is 12.5. The highest BCUT2D eigenvalue weighted by atomic mass is 128. The van der Waals surface area contributed by atoms with Crippen molar-refractivity contribution in [2.24, 2.45) is 5.73 Å². The number of carbonyl (C=O) groups is 2. The molecule has 8 rings (SSSR count). The van der Waals surface area contributed by atoms with Crippen LogP contribution in [0.1, 0.15) is 93.9 Å². The number of hydrogen-bond acceptors (Lipinski definition) is 9. The molecule has 0 unspecified atom stereocenters. The van der Waals surface area contributed by atoms with Gasteiger partial charge in [-0.3, -0.25) is 14.6 Å². The number of aromatic carboxylic acids is 1. The van der Waals surface area contributed by atoms with Gasteiger partial charge in [0.15, 0.2) is 5.69 Å². The lowest BCUT2D eigenvalue weighted by molar-refractivity contribution is 0.0691. The van der Waals surface area contributed by atoms with E-state index in [1.165, 1.54) is 34.0 Å². The Morgan fingerprint density at radius 3 is 1.57 bits per heavy atom. The number of pyridine rings is 2. The van der Waals surface area contributed by atoms with Gasteiger partial charge < -0.3 is 35.2 Å². The molecule has 61 heavy (non-hydrogen) atoms. The van der Waals surface area contributed by atoms with Crippen LogP contribution in [0.25, 0.3) is 11.3 Å². The SMILES string of the molecule is CC(C)c1ccc2nc(C(=O)NC[C@@H](O)CN3CCc4ccccc4C3)cn2c1.CC(C)c1ccc2nc(C(=O)O)cn2c1.II.NC[C@H](O)CN1CCc2ccccc2C1. The maximum Gasteiger partial charge on any atom is 0.356 e. The van der Waals surface area contributed by atoms with Crippen molar-refractivity contribution in [1.29, 1.82) is 0 Å². The largest absolute Gasteiger partial charge is 0.476 e. The number of amides is 1. The first-order valence-electron chi connectivity index (χ1n) is 20.6. The molecule has 6 heterocycles. The summed E-state index contributed by atoms with van der Waals surface area (Å²) >= 11 is 4.24. The number of β-amino-alcohol motifs (C(OH)–C–C–N with tert-alkyl or cyclic N) is 2. The first-order chi connectivity index (χ1) is 29.4. The summed E-state index contributed by atoms with van der Waals surface area (Å²) in [5.41, 5.74) is 15.1. The Kier molecular flexibility index (Phi) is 18.5. The highest BCUT2D eigenvalue weighted by Gasteiger charge is 2.20. The molecule has 4 aromatic heterocycles. The molecule has 2 aliphatic heterocycles. The first kappa shape index (κ1) is 48.1. The minimum absolute atomic E-state index is 0.0795. The highest BCUT2D eigenvalue weighted by Crippen LogP contribution is 2.21. The van der Waals surface area contributed by atoms with Crippen LogP contribution in [-0.4, -0.2) is 107 Å². The normalized spacial score (nSPS) is 14.7. The number of hydrogen-bond donors (Lipinski definition) is 5. The number of nitrogens with two attached hydrogens (primary N) is 1. The van der Waals surface area contributed by atoms with Gasteiger partial charge >= 0.3 is 5.97 Å². The van der Waals surface area contributed by atoms with Gasteiger partial charge in [-0.2, -0.15) is 0 Å². The van der Waals surface area contributed by atoms with Crippen molar-refractivity contribution in [2.75, 3.05) is 39.3 Å². The van der Waals surface area contributed by atoms with E-state index in [9.17, 15) is 19.8 Å². The molecule has 326 valence electrons. The van der Waals surface area contributed by atoms with Crippen LogP contribution in [0, 0.1) is 0 Å². The molecule has 0 saturated carbocycles. The molecule has 2 atom stereocenters. The van der Waals surface area contributed by atoms with Crippen molar-refractivity contribution in [3.63, 3.8) is 0 Å². The summed E-state index contributed by atoms with van der Waals surface area (Å²) in [6.07, 6.45) is 8.26. The van der Waals surface area contributed by atoms with Crippen molar-refractivity contribution in [2.45, 2.75) is 77.7 Å². The Morgan fingerprint density at radius 1 is 0.672 bits per heavy atom. The second kappa shape index (κ2) is 23.5. The molecule has 1 amide bonds. The summed E-state index contributed by atoms with van der Waals surface area (Å²) in [6.45, 7) is 14.0. The number of carboxylic acid groups (broad SMARTS) is 1. The van der Waals surface area contributed by atoms with E-state index in [-0.39, 0.29) is 18.1 Å². The fourth-order valence-corrected chi connectivity index (χ4v) is 7.37. The molecule has 2 aliphatic rings. The Balaban J connectivity index is 0.000000186. The van der Waals surface area contributed by atoms with Crippen LogP contribution >= 0.6 is 37.2 Å². The Hall–Kier alpha value is -3.98. The number of carboxylic acids is 1. The zero-order valence-electron chi connectivity index (χ0n) is 35.3. The molecule has 0 aliphatic carbocycles. The zero-order chi connectivity index (χ0) is 44.1. The Labute approximate surface area is 381 Å². The van der Waals surface area contributed by atoms with Gasteiger partial charge in [-0.25, -0.2) is 14.8 Å². The van der Waals surface area contributed by atoms with Gasteiger partial charge in [0.25, 0.3) is 5.91 Å². The fraction of sp³-hybridized carbons (Fsp3) is 0.391. The lowest BCUT2D eigenvalue weighted by atomic mass is 10.00. The minimum atomic E-state index is -0.996. The van der Waals surface area contributed by atoms with Crippen LogP contribution in [-0.2, 0) is 25.9 Å². The third-order valence-electron chi connectivity index (χ3n) is 10.9. The second-order valence-corrected chi connectivity index (χ2v) is 16.1. The number of rotatable bonds is 11. The van der Waals surface area contributed by atoms with Crippen molar-refractivity contribution >= 4 is 60.4 Å². The van der Waals surface area contributed by atoms with Gasteiger partial charge in [-0.05, 0) is 70.2 Å². The van der Waals surface area contributed by atoms with Crippen LogP contribution < -0.4 is 11.1 Å². The van der Waals surface area contributed by atoms with Crippen LogP contribution in [0.15, 0.2) is 97.6 Å². The van der Waals surface area contributed by atoms with Crippen molar-refractivity contribution in [1.82, 2.24) is 33.9 Å². The third-order valence-corrected chi connectivity index (χ3v) is 10.9.